The van der Waals surface area contributed by atoms with Crippen LogP contribution in [0.15, 0.2) is 0 Å². The van der Waals surface area contributed by atoms with Gasteiger partial charge < -0.3 is 5.32 Å². The molecule has 0 radical (unpaired) electrons. The maximum Gasteiger partial charge on any atom is 0.0261 e. The number of hydrogen-bond acceptors (Lipinski definition) is 2. The molecule has 2 rings (SSSR count). The van der Waals surface area contributed by atoms with Gasteiger partial charge in [0, 0.05) is 12.1 Å². The highest BCUT2D eigenvalue weighted by molar-refractivity contribution is 4.90. The topological polar surface area (TPSA) is 15.3 Å². The van der Waals surface area contributed by atoms with Crippen molar-refractivity contribution in [2.24, 2.45) is 0 Å². The second-order valence-electron chi connectivity index (χ2n) is 4.42. The zero-order valence-electron chi connectivity index (χ0n) is 8.76. The molecule has 0 aromatic carbocycles. The molecule has 0 aromatic rings. The van der Waals surface area contributed by atoms with Crippen LogP contribution >= 0.6 is 0 Å². The third-order valence-corrected chi connectivity index (χ3v) is 3.61. The van der Waals surface area contributed by atoms with Gasteiger partial charge in [0.15, 0.2) is 0 Å². The van der Waals surface area contributed by atoms with E-state index in [9.17, 15) is 0 Å². The van der Waals surface area contributed by atoms with Crippen molar-refractivity contribution in [2.75, 3.05) is 19.6 Å². The van der Waals surface area contributed by atoms with Crippen molar-refractivity contribution in [3.8, 4) is 0 Å². The highest BCUT2D eigenvalue weighted by Crippen LogP contribution is 2.21. The van der Waals surface area contributed by atoms with E-state index in [2.05, 4.69) is 17.1 Å². The van der Waals surface area contributed by atoms with Gasteiger partial charge in [0.1, 0.15) is 0 Å². The molecule has 0 aliphatic carbocycles. The van der Waals surface area contributed by atoms with Gasteiger partial charge in [-0.3, -0.25) is 4.90 Å². The largest absolute Gasteiger partial charge is 0.312 e. The number of piperidine rings is 1. The van der Waals surface area contributed by atoms with E-state index in [1.807, 2.05) is 0 Å². The zero-order chi connectivity index (χ0) is 9.10. The SMILES string of the molecule is CC[C@H]1NCC[C@@H]1N1CCCCC1. The Morgan fingerprint density at radius 2 is 2.00 bits per heavy atom. The Hall–Kier alpha value is -0.0800. The first-order chi connectivity index (χ1) is 6.42. The van der Waals surface area contributed by atoms with E-state index in [4.69, 9.17) is 0 Å². The third kappa shape index (κ3) is 2.05. The second-order valence-corrected chi connectivity index (χ2v) is 4.42. The first-order valence-corrected chi connectivity index (χ1v) is 5.89. The summed E-state index contributed by atoms with van der Waals surface area (Å²) >= 11 is 0. The lowest BCUT2D eigenvalue weighted by Crippen LogP contribution is -2.45. The maximum atomic E-state index is 3.61. The van der Waals surface area contributed by atoms with E-state index in [0.717, 1.165) is 12.1 Å². The molecule has 13 heavy (non-hydrogen) atoms. The van der Waals surface area contributed by atoms with Crippen LogP contribution in [0.25, 0.3) is 0 Å². The summed E-state index contributed by atoms with van der Waals surface area (Å²) in [6.45, 7) is 6.24. The average Bonchev–Trinajstić information content (AvgIpc) is 2.67. The Balaban J connectivity index is 1.90. The number of nitrogens with zero attached hydrogens (tertiary/aromatic N) is 1. The standard InChI is InChI=1S/C11H22N2/c1-2-10-11(6-7-12-10)13-8-4-3-5-9-13/h10-12H,2-9H2,1H3/t10-,11+/m1/s1. The van der Waals surface area contributed by atoms with Crippen molar-refractivity contribution in [3.05, 3.63) is 0 Å². The van der Waals surface area contributed by atoms with Gasteiger partial charge in [-0.2, -0.15) is 0 Å². The molecule has 2 heterocycles. The quantitative estimate of drug-likeness (QED) is 0.698. The van der Waals surface area contributed by atoms with Gasteiger partial charge in [0.25, 0.3) is 0 Å². The maximum absolute atomic E-state index is 3.61. The minimum absolute atomic E-state index is 0.776. The molecule has 2 aliphatic rings. The fourth-order valence-electron chi connectivity index (χ4n) is 2.86. The fraction of sp³-hybridized carbons (Fsp3) is 1.00. The lowest BCUT2D eigenvalue weighted by Gasteiger charge is -2.35. The van der Waals surface area contributed by atoms with Crippen LogP contribution in [-0.2, 0) is 0 Å². The Morgan fingerprint density at radius 1 is 1.23 bits per heavy atom. The van der Waals surface area contributed by atoms with Crippen molar-refractivity contribution < 1.29 is 0 Å². The summed E-state index contributed by atoms with van der Waals surface area (Å²) in [5.74, 6) is 0. The summed E-state index contributed by atoms with van der Waals surface area (Å²) in [5.41, 5.74) is 0. The van der Waals surface area contributed by atoms with E-state index < -0.39 is 0 Å². The van der Waals surface area contributed by atoms with Crippen LogP contribution in [0, 0.1) is 0 Å². The number of likely N-dealkylation sites (tertiary alicyclic amines) is 1. The molecule has 2 fully saturated rings. The molecular formula is C11H22N2. The molecule has 2 atom stereocenters. The first-order valence-electron chi connectivity index (χ1n) is 5.89. The Labute approximate surface area is 81.7 Å². The monoisotopic (exact) mass is 182 g/mol. The number of hydrogen-bond donors (Lipinski definition) is 1. The summed E-state index contributed by atoms with van der Waals surface area (Å²) in [6, 6.07) is 1.63. The van der Waals surface area contributed by atoms with Gasteiger partial charge in [-0.05, 0) is 45.3 Å². The van der Waals surface area contributed by atoms with Crippen molar-refractivity contribution in [2.45, 2.75) is 51.1 Å². The molecule has 2 saturated heterocycles. The highest BCUT2D eigenvalue weighted by Gasteiger charge is 2.30. The molecule has 0 spiro atoms. The van der Waals surface area contributed by atoms with E-state index in [1.165, 1.54) is 51.7 Å². The van der Waals surface area contributed by atoms with Crippen molar-refractivity contribution in [3.63, 3.8) is 0 Å². The normalized spacial score (nSPS) is 36.7. The number of rotatable bonds is 2. The number of nitrogens with one attached hydrogen (secondary N) is 1. The van der Waals surface area contributed by atoms with Crippen molar-refractivity contribution >= 4 is 0 Å². The molecule has 2 aliphatic heterocycles. The van der Waals surface area contributed by atoms with Crippen molar-refractivity contribution in [1.82, 2.24) is 10.2 Å². The van der Waals surface area contributed by atoms with Crippen molar-refractivity contribution in [1.29, 1.82) is 0 Å². The molecular weight excluding hydrogens is 160 g/mol. The van der Waals surface area contributed by atoms with E-state index >= 15 is 0 Å². The molecule has 2 heteroatoms. The lowest BCUT2D eigenvalue weighted by molar-refractivity contribution is 0.149. The summed E-state index contributed by atoms with van der Waals surface area (Å²) < 4.78 is 0. The second kappa shape index (κ2) is 4.43. The fourth-order valence-corrected chi connectivity index (χ4v) is 2.86. The van der Waals surface area contributed by atoms with E-state index in [-0.39, 0.29) is 0 Å². The van der Waals surface area contributed by atoms with Gasteiger partial charge >= 0.3 is 0 Å². The third-order valence-electron chi connectivity index (χ3n) is 3.61. The van der Waals surface area contributed by atoms with Crippen LogP contribution in [0.5, 0.6) is 0 Å². The molecule has 0 aromatic heterocycles. The van der Waals surface area contributed by atoms with Gasteiger partial charge in [-0.15, -0.1) is 0 Å². The zero-order valence-corrected chi connectivity index (χ0v) is 8.76. The van der Waals surface area contributed by atoms with Gasteiger partial charge in [-0.1, -0.05) is 13.3 Å². The molecule has 2 nitrogen and oxygen atoms in total. The molecule has 0 bridgehead atoms. The van der Waals surface area contributed by atoms with Crippen LogP contribution in [0.1, 0.15) is 39.0 Å². The van der Waals surface area contributed by atoms with Crippen LogP contribution in [0.4, 0.5) is 0 Å². The Bertz CT molecular complexity index is 152. The highest BCUT2D eigenvalue weighted by atomic mass is 15.2. The summed E-state index contributed by atoms with van der Waals surface area (Å²) in [6.07, 6.45) is 6.97. The van der Waals surface area contributed by atoms with Crippen LogP contribution in [-0.4, -0.2) is 36.6 Å². The Morgan fingerprint density at radius 3 is 2.69 bits per heavy atom. The van der Waals surface area contributed by atoms with Gasteiger partial charge in [0.05, 0.1) is 0 Å². The van der Waals surface area contributed by atoms with E-state index in [0.29, 0.717) is 0 Å². The van der Waals surface area contributed by atoms with E-state index in [1.54, 1.807) is 0 Å². The minimum Gasteiger partial charge on any atom is -0.312 e. The van der Waals surface area contributed by atoms with Gasteiger partial charge in [0.2, 0.25) is 0 Å². The molecule has 76 valence electrons. The summed E-state index contributed by atoms with van der Waals surface area (Å²) in [4.78, 5) is 2.72. The summed E-state index contributed by atoms with van der Waals surface area (Å²) in [5, 5.41) is 3.61. The average molecular weight is 182 g/mol. The summed E-state index contributed by atoms with van der Waals surface area (Å²) in [7, 11) is 0. The smallest absolute Gasteiger partial charge is 0.0261 e. The molecule has 0 saturated carbocycles. The van der Waals surface area contributed by atoms with Crippen LogP contribution in [0.2, 0.25) is 0 Å². The molecule has 0 unspecified atom stereocenters. The first kappa shape index (κ1) is 9.47. The van der Waals surface area contributed by atoms with Crippen LogP contribution in [0.3, 0.4) is 0 Å². The lowest BCUT2D eigenvalue weighted by atomic mass is 10.0. The molecule has 0 amide bonds. The van der Waals surface area contributed by atoms with Gasteiger partial charge in [-0.25, -0.2) is 0 Å². The molecule has 1 N–H and O–H groups in total. The Kier molecular flexibility index (Phi) is 3.23. The van der Waals surface area contributed by atoms with Crippen LogP contribution < -0.4 is 5.32 Å². The predicted octanol–water partition coefficient (Wildman–Crippen LogP) is 1.61. The minimum atomic E-state index is 0.776. The predicted molar refractivity (Wildman–Crippen MR) is 55.9 cm³/mol.